The minimum atomic E-state index is -4.58. The number of benzene rings is 3. The summed E-state index contributed by atoms with van der Waals surface area (Å²) in [5.74, 6) is 0. The molecule has 8 heteroatoms. The van der Waals surface area contributed by atoms with Gasteiger partial charge in [-0.3, -0.25) is 4.72 Å². The van der Waals surface area contributed by atoms with Gasteiger partial charge in [0.05, 0.1) is 16.1 Å². The molecule has 3 aromatic carbocycles. The number of nitrogens with one attached hydrogen (secondary N) is 1. The van der Waals surface area contributed by atoms with E-state index in [1.807, 2.05) is 13.0 Å². The molecule has 0 aromatic heterocycles. The van der Waals surface area contributed by atoms with Crippen molar-refractivity contribution in [3.05, 3.63) is 83.9 Å². The normalized spacial score (nSPS) is 12.0. The second kappa shape index (κ2) is 7.89. The third kappa shape index (κ3) is 4.88. The molecule has 28 heavy (non-hydrogen) atoms. The minimum Gasteiger partial charge on any atom is -0.278 e. The average Bonchev–Trinajstić information content (AvgIpc) is 2.63. The van der Waals surface area contributed by atoms with Crippen LogP contribution in [0, 0.1) is 6.92 Å². The van der Waals surface area contributed by atoms with Gasteiger partial charge in [-0.05, 0) is 49.4 Å². The maximum Gasteiger partial charge on any atom is 0.416 e. The van der Waals surface area contributed by atoms with Crippen LogP contribution >= 0.6 is 11.8 Å². The average molecular weight is 423 g/mol. The first-order chi connectivity index (χ1) is 13.1. The van der Waals surface area contributed by atoms with E-state index in [2.05, 4.69) is 4.72 Å². The fourth-order valence-corrected chi connectivity index (χ4v) is 4.45. The number of hydrogen-bond donors (Lipinski definition) is 1. The highest BCUT2D eigenvalue weighted by molar-refractivity contribution is 7.99. The van der Waals surface area contributed by atoms with E-state index >= 15 is 0 Å². The zero-order chi connectivity index (χ0) is 20.4. The number of alkyl halides is 3. The molecular weight excluding hydrogens is 407 g/mol. The fourth-order valence-electron chi connectivity index (χ4n) is 2.41. The summed E-state index contributed by atoms with van der Waals surface area (Å²) in [5, 5.41) is 0. The van der Waals surface area contributed by atoms with Crippen LogP contribution in [0.2, 0.25) is 0 Å². The summed E-state index contributed by atoms with van der Waals surface area (Å²) in [6, 6.07) is 18.1. The van der Waals surface area contributed by atoms with Crippen molar-refractivity contribution in [3.8, 4) is 0 Å². The Morgan fingerprint density at radius 3 is 2.14 bits per heavy atom. The first kappa shape index (κ1) is 20.3. The predicted octanol–water partition coefficient (Wildman–Crippen LogP) is 5.97. The second-order valence-corrected chi connectivity index (χ2v) is 8.84. The van der Waals surface area contributed by atoms with E-state index in [-0.39, 0.29) is 10.6 Å². The first-order valence-electron chi connectivity index (χ1n) is 8.19. The summed E-state index contributed by atoms with van der Waals surface area (Å²) in [7, 11) is -4.04. The van der Waals surface area contributed by atoms with Crippen LogP contribution in [0.25, 0.3) is 0 Å². The second-order valence-electron chi connectivity index (χ2n) is 6.04. The van der Waals surface area contributed by atoms with Gasteiger partial charge in [-0.15, -0.1) is 0 Å². The number of anilines is 1. The Morgan fingerprint density at radius 1 is 0.893 bits per heavy atom. The fraction of sp³-hybridized carbons (Fsp3) is 0.100. The van der Waals surface area contributed by atoms with Crippen LogP contribution in [-0.2, 0) is 16.2 Å². The molecule has 0 unspecified atom stereocenters. The van der Waals surface area contributed by atoms with Crippen LogP contribution in [0.5, 0.6) is 0 Å². The summed E-state index contributed by atoms with van der Waals surface area (Å²) in [6.45, 7) is 1.81. The highest BCUT2D eigenvalue weighted by atomic mass is 32.2. The molecule has 0 spiro atoms. The van der Waals surface area contributed by atoms with Gasteiger partial charge in [0.25, 0.3) is 10.0 Å². The molecule has 0 bridgehead atoms. The van der Waals surface area contributed by atoms with E-state index in [1.54, 1.807) is 36.4 Å². The van der Waals surface area contributed by atoms with Gasteiger partial charge in [-0.1, -0.05) is 47.7 Å². The largest absolute Gasteiger partial charge is 0.416 e. The topological polar surface area (TPSA) is 46.2 Å². The van der Waals surface area contributed by atoms with Crippen molar-refractivity contribution in [2.24, 2.45) is 0 Å². The van der Waals surface area contributed by atoms with E-state index < -0.39 is 21.8 Å². The van der Waals surface area contributed by atoms with Gasteiger partial charge in [-0.25, -0.2) is 8.42 Å². The number of aryl methyl sites for hydroxylation is 1. The van der Waals surface area contributed by atoms with Crippen LogP contribution in [0.3, 0.4) is 0 Å². The number of rotatable bonds is 5. The molecule has 146 valence electrons. The summed E-state index contributed by atoms with van der Waals surface area (Å²) < 4.78 is 67.1. The predicted molar refractivity (Wildman–Crippen MR) is 104 cm³/mol. The molecular formula is C20H16F3NO2S2. The van der Waals surface area contributed by atoms with Crippen molar-refractivity contribution in [2.45, 2.75) is 27.8 Å². The molecule has 0 radical (unpaired) electrons. The van der Waals surface area contributed by atoms with Gasteiger partial charge in [-0.2, -0.15) is 13.2 Å². The first-order valence-corrected chi connectivity index (χ1v) is 10.5. The van der Waals surface area contributed by atoms with Crippen LogP contribution in [0.15, 0.2) is 87.5 Å². The highest BCUT2D eigenvalue weighted by Crippen LogP contribution is 2.39. The lowest BCUT2D eigenvalue weighted by Gasteiger charge is -2.15. The van der Waals surface area contributed by atoms with Crippen molar-refractivity contribution < 1.29 is 21.6 Å². The molecule has 0 aliphatic carbocycles. The van der Waals surface area contributed by atoms with Gasteiger partial charge in [0.1, 0.15) is 0 Å². The summed E-state index contributed by atoms with van der Waals surface area (Å²) in [5.41, 5.74) is -0.172. The van der Waals surface area contributed by atoms with Crippen LogP contribution < -0.4 is 4.72 Å². The van der Waals surface area contributed by atoms with Crippen LogP contribution in [-0.4, -0.2) is 8.42 Å². The minimum absolute atomic E-state index is 0.0221. The van der Waals surface area contributed by atoms with E-state index in [0.717, 1.165) is 22.6 Å². The quantitative estimate of drug-likeness (QED) is 0.550. The van der Waals surface area contributed by atoms with Gasteiger partial charge in [0, 0.05) is 9.79 Å². The molecule has 0 saturated carbocycles. The van der Waals surface area contributed by atoms with E-state index in [4.69, 9.17) is 0 Å². The lowest BCUT2D eigenvalue weighted by Crippen LogP contribution is -2.15. The van der Waals surface area contributed by atoms with E-state index in [0.29, 0.717) is 4.90 Å². The lowest BCUT2D eigenvalue weighted by atomic mass is 10.2. The Morgan fingerprint density at radius 2 is 1.54 bits per heavy atom. The maximum atomic E-state index is 13.1. The van der Waals surface area contributed by atoms with Crippen molar-refractivity contribution in [3.63, 3.8) is 0 Å². The van der Waals surface area contributed by atoms with Crippen molar-refractivity contribution in [1.29, 1.82) is 0 Å². The van der Waals surface area contributed by atoms with Gasteiger partial charge >= 0.3 is 6.18 Å². The third-order valence-electron chi connectivity index (χ3n) is 3.85. The zero-order valence-corrected chi connectivity index (χ0v) is 16.3. The number of sulfonamides is 1. The molecule has 0 aliphatic heterocycles. The van der Waals surface area contributed by atoms with Gasteiger partial charge in [0.15, 0.2) is 0 Å². The van der Waals surface area contributed by atoms with Crippen LogP contribution in [0.4, 0.5) is 18.9 Å². The van der Waals surface area contributed by atoms with Crippen molar-refractivity contribution in [1.82, 2.24) is 0 Å². The van der Waals surface area contributed by atoms with E-state index in [1.165, 1.54) is 30.0 Å². The van der Waals surface area contributed by atoms with Crippen molar-refractivity contribution >= 4 is 27.5 Å². The summed E-state index contributed by atoms with van der Waals surface area (Å²) in [6.07, 6.45) is -4.58. The molecule has 0 amide bonds. The SMILES string of the molecule is Cc1ccc(S(=O)(=O)Nc2cc(C(F)(F)F)ccc2Sc2ccccc2)cc1. The Hall–Kier alpha value is -2.45. The molecule has 3 rings (SSSR count). The Balaban J connectivity index is 2.01. The number of halogens is 3. The summed E-state index contributed by atoms with van der Waals surface area (Å²) in [4.78, 5) is 1.12. The Kier molecular flexibility index (Phi) is 5.71. The third-order valence-corrected chi connectivity index (χ3v) is 6.32. The zero-order valence-electron chi connectivity index (χ0n) is 14.7. The molecule has 1 N–H and O–H groups in total. The molecule has 0 fully saturated rings. The van der Waals surface area contributed by atoms with Gasteiger partial charge in [0.2, 0.25) is 0 Å². The monoisotopic (exact) mass is 423 g/mol. The number of hydrogen-bond acceptors (Lipinski definition) is 3. The van der Waals surface area contributed by atoms with Crippen LogP contribution in [0.1, 0.15) is 11.1 Å². The molecule has 3 nitrogen and oxygen atoms in total. The summed E-state index contributed by atoms with van der Waals surface area (Å²) >= 11 is 1.18. The smallest absolute Gasteiger partial charge is 0.278 e. The standard InChI is InChI=1S/C20H16F3NO2S2/c1-14-7-10-17(11-8-14)28(25,26)24-18-13-15(20(21,22)23)9-12-19(18)27-16-5-3-2-4-6-16/h2-13,24H,1H3. The maximum absolute atomic E-state index is 13.1. The highest BCUT2D eigenvalue weighted by Gasteiger charge is 2.31. The van der Waals surface area contributed by atoms with Gasteiger partial charge < -0.3 is 0 Å². The lowest BCUT2D eigenvalue weighted by molar-refractivity contribution is -0.137. The molecule has 3 aromatic rings. The molecule has 0 heterocycles. The Bertz CT molecular complexity index is 1060. The molecule has 0 saturated heterocycles. The Labute approximate surface area is 165 Å². The molecule has 0 aliphatic rings. The van der Waals surface area contributed by atoms with Crippen molar-refractivity contribution in [2.75, 3.05) is 4.72 Å². The molecule has 0 atom stereocenters. The van der Waals surface area contributed by atoms with E-state index in [9.17, 15) is 21.6 Å².